The van der Waals surface area contributed by atoms with E-state index >= 15 is 0 Å². The Morgan fingerprint density at radius 1 is 1.24 bits per heavy atom. The van der Waals surface area contributed by atoms with Crippen LogP contribution in [0.25, 0.3) is 0 Å². The smallest absolute Gasteiger partial charge is 0.409 e. The molecule has 2 rings (SSSR count). The maximum atomic E-state index is 11.9. The molecule has 1 heterocycles. The number of carbonyl (C=O) groups is 1. The van der Waals surface area contributed by atoms with Crippen LogP contribution in [-0.4, -0.2) is 80.8 Å². The molecular formula is C22H37N5O2. The molecule has 7 nitrogen and oxygen atoms in total. The number of likely N-dealkylation sites (N-methyl/N-ethyl adjacent to an activating group) is 1. The summed E-state index contributed by atoms with van der Waals surface area (Å²) in [6, 6.07) is 11.2. The molecule has 1 fully saturated rings. The molecule has 29 heavy (non-hydrogen) atoms. The molecule has 0 radical (unpaired) electrons. The van der Waals surface area contributed by atoms with E-state index in [9.17, 15) is 4.79 Å². The van der Waals surface area contributed by atoms with E-state index in [1.54, 1.807) is 4.90 Å². The van der Waals surface area contributed by atoms with E-state index in [1.807, 2.05) is 13.0 Å². The number of hydrogen-bond acceptors (Lipinski definition) is 4. The van der Waals surface area contributed by atoms with Crippen molar-refractivity contribution in [1.82, 2.24) is 20.4 Å². The van der Waals surface area contributed by atoms with Gasteiger partial charge in [-0.25, -0.2) is 4.79 Å². The van der Waals surface area contributed by atoms with Crippen LogP contribution in [0.1, 0.15) is 32.3 Å². The molecule has 0 saturated carbocycles. The molecule has 0 aromatic heterocycles. The molecule has 1 aliphatic heterocycles. The molecule has 1 atom stereocenters. The molecular weight excluding hydrogens is 366 g/mol. The molecule has 0 aliphatic carbocycles. The summed E-state index contributed by atoms with van der Waals surface area (Å²) in [5.41, 5.74) is 1.32. The van der Waals surface area contributed by atoms with Gasteiger partial charge in [-0.2, -0.15) is 0 Å². The predicted octanol–water partition coefficient (Wildman–Crippen LogP) is 2.34. The van der Waals surface area contributed by atoms with Gasteiger partial charge in [0, 0.05) is 31.7 Å². The molecule has 1 saturated heterocycles. The van der Waals surface area contributed by atoms with Gasteiger partial charge >= 0.3 is 6.09 Å². The van der Waals surface area contributed by atoms with Gasteiger partial charge in [0.15, 0.2) is 5.96 Å². The zero-order valence-corrected chi connectivity index (χ0v) is 18.4. The maximum absolute atomic E-state index is 11.9. The molecule has 162 valence electrons. The second-order valence-corrected chi connectivity index (χ2v) is 7.63. The Labute approximate surface area is 175 Å². The van der Waals surface area contributed by atoms with Gasteiger partial charge in [-0.05, 0) is 52.8 Å². The van der Waals surface area contributed by atoms with Crippen molar-refractivity contribution >= 4 is 12.1 Å². The number of hydrogen-bond donors (Lipinski definition) is 2. The van der Waals surface area contributed by atoms with Gasteiger partial charge in [0.1, 0.15) is 0 Å². The quantitative estimate of drug-likeness (QED) is 0.515. The minimum atomic E-state index is -0.207. The second kappa shape index (κ2) is 12.3. The summed E-state index contributed by atoms with van der Waals surface area (Å²) in [6.07, 6.45) is 2.55. The molecule has 1 aliphatic rings. The number of nitrogens with one attached hydrogen (secondary N) is 2. The van der Waals surface area contributed by atoms with Gasteiger partial charge in [0.05, 0.1) is 13.2 Å². The van der Waals surface area contributed by atoms with Gasteiger partial charge in [-0.3, -0.25) is 4.99 Å². The summed E-state index contributed by atoms with van der Waals surface area (Å²) in [5.74, 6) is 0.849. The normalized spacial score (nSPS) is 16.6. The third-order valence-electron chi connectivity index (χ3n) is 5.21. The fourth-order valence-corrected chi connectivity index (χ4v) is 3.43. The van der Waals surface area contributed by atoms with E-state index in [-0.39, 0.29) is 6.09 Å². The van der Waals surface area contributed by atoms with Crippen molar-refractivity contribution in [3.63, 3.8) is 0 Å². The van der Waals surface area contributed by atoms with Crippen LogP contribution in [0.15, 0.2) is 35.3 Å². The zero-order valence-electron chi connectivity index (χ0n) is 18.4. The lowest BCUT2D eigenvalue weighted by atomic mass is 10.1. The fourth-order valence-electron chi connectivity index (χ4n) is 3.43. The Morgan fingerprint density at radius 3 is 2.52 bits per heavy atom. The fraction of sp³-hybridized carbons (Fsp3) is 0.636. The van der Waals surface area contributed by atoms with Crippen molar-refractivity contribution in [3.8, 4) is 0 Å². The topological polar surface area (TPSA) is 69.2 Å². The number of carbonyl (C=O) groups excluding carboxylic acids is 1. The summed E-state index contributed by atoms with van der Waals surface area (Å²) in [7, 11) is 4.21. The molecule has 1 aromatic rings. The first kappa shape index (κ1) is 23.0. The Balaban J connectivity index is 1.90. The van der Waals surface area contributed by atoms with Crippen LogP contribution >= 0.6 is 0 Å². The minimum Gasteiger partial charge on any atom is -0.450 e. The lowest BCUT2D eigenvalue weighted by Gasteiger charge is -2.32. The molecule has 0 spiro atoms. The number of ether oxygens (including phenoxy) is 1. The number of likely N-dealkylation sites (tertiary alicyclic amines) is 1. The Morgan fingerprint density at radius 2 is 1.93 bits per heavy atom. The molecule has 2 N–H and O–H groups in total. The second-order valence-electron chi connectivity index (χ2n) is 7.63. The monoisotopic (exact) mass is 403 g/mol. The van der Waals surface area contributed by atoms with Crippen LogP contribution in [0.5, 0.6) is 0 Å². The van der Waals surface area contributed by atoms with E-state index in [4.69, 9.17) is 9.73 Å². The summed E-state index contributed by atoms with van der Waals surface area (Å²) in [4.78, 5) is 20.7. The number of piperidine rings is 1. The summed E-state index contributed by atoms with van der Waals surface area (Å²) >= 11 is 0. The summed E-state index contributed by atoms with van der Waals surface area (Å²) in [5, 5.41) is 6.91. The van der Waals surface area contributed by atoms with Crippen LogP contribution in [0.4, 0.5) is 4.79 Å². The van der Waals surface area contributed by atoms with Gasteiger partial charge in [0.25, 0.3) is 0 Å². The third-order valence-corrected chi connectivity index (χ3v) is 5.21. The standard InChI is InChI=1S/C22H37N5O2/c1-5-23-21(25-19-12-14-27(15-13-19)22(28)29-6-2)24-17-20(26(3)4)16-18-10-8-7-9-11-18/h7-11,19-20H,5-6,12-17H2,1-4H3,(H2,23,24,25). The molecule has 1 amide bonds. The average molecular weight is 404 g/mol. The highest BCUT2D eigenvalue weighted by Crippen LogP contribution is 2.12. The van der Waals surface area contributed by atoms with E-state index in [2.05, 4.69) is 60.8 Å². The van der Waals surface area contributed by atoms with E-state index in [1.165, 1.54) is 5.56 Å². The van der Waals surface area contributed by atoms with Crippen LogP contribution in [-0.2, 0) is 11.2 Å². The number of aliphatic imine (C=N–C) groups is 1. The Bertz CT molecular complexity index is 627. The van der Waals surface area contributed by atoms with Gasteiger partial charge < -0.3 is 25.2 Å². The molecule has 0 bridgehead atoms. The van der Waals surface area contributed by atoms with Crippen LogP contribution in [0.2, 0.25) is 0 Å². The van der Waals surface area contributed by atoms with Gasteiger partial charge in [0.2, 0.25) is 0 Å². The molecule has 7 heteroatoms. The zero-order chi connectivity index (χ0) is 21.1. The third kappa shape index (κ3) is 7.93. The Hall–Kier alpha value is -2.28. The highest BCUT2D eigenvalue weighted by Gasteiger charge is 2.24. The first-order valence-corrected chi connectivity index (χ1v) is 10.7. The van der Waals surface area contributed by atoms with E-state index in [0.717, 1.165) is 38.3 Å². The van der Waals surface area contributed by atoms with E-state index in [0.29, 0.717) is 31.8 Å². The first-order chi connectivity index (χ1) is 14.0. The van der Waals surface area contributed by atoms with Crippen molar-refractivity contribution in [2.24, 2.45) is 4.99 Å². The van der Waals surface area contributed by atoms with Crippen molar-refractivity contribution in [1.29, 1.82) is 0 Å². The maximum Gasteiger partial charge on any atom is 0.409 e. The predicted molar refractivity (Wildman–Crippen MR) is 118 cm³/mol. The Kier molecular flexibility index (Phi) is 9.77. The number of guanidine groups is 1. The minimum absolute atomic E-state index is 0.207. The van der Waals surface area contributed by atoms with Crippen LogP contribution < -0.4 is 10.6 Å². The molecule has 1 unspecified atom stereocenters. The number of amides is 1. The van der Waals surface area contributed by atoms with E-state index < -0.39 is 0 Å². The largest absolute Gasteiger partial charge is 0.450 e. The first-order valence-electron chi connectivity index (χ1n) is 10.7. The lowest BCUT2D eigenvalue weighted by molar-refractivity contribution is 0.0963. The lowest BCUT2D eigenvalue weighted by Crippen LogP contribution is -2.50. The van der Waals surface area contributed by atoms with Crippen molar-refractivity contribution in [2.75, 3.05) is 46.9 Å². The highest BCUT2D eigenvalue weighted by atomic mass is 16.6. The van der Waals surface area contributed by atoms with Crippen LogP contribution in [0.3, 0.4) is 0 Å². The number of benzene rings is 1. The van der Waals surface area contributed by atoms with Gasteiger partial charge in [-0.15, -0.1) is 0 Å². The van der Waals surface area contributed by atoms with Crippen molar-refractivity contribution < 1.29 is 9.53 Å². The number of nitrogens with zero attached hydrogens (tertiary/aromatic N) is 3. The van der Waals surface area contributed by atoms with Crippen molar-refractivity contribution in [3.05, 3.63) is 35.9 Å². The summed E-state index contributed by atoms with van der Waals surface area (Å²) in [6.45, 7) is 7.30. The van der Waals surface area contributed by atoms with Crippen molar-refractivity contribution in [2.45, 2.75) is 45.2 Å². The van der Waals surface area contributed by atoms with Crippen LogP contribution in [0, 0.1) is 0 Å². The SMILES string of the molecule is CCNC(=NCC(Cc1ccccc1)N(C)C)NC1CCN(C(=O)OCC)CC1. The highest BCUT2D eigenvalue weighted by molar-refractivity contribution is 5.80. The molecule has 1 aromatic carbocycles. The summed E-state index contributed by atoms with van der Waals surface area (Å²) < 4.78 is 5.10. The van der Waals surface area contributed by atoms with Gasteiger partial charge in [-0.1, -0.05) is 30.3 Å². The number of rotatable bonds is 8. The average Bonchev–Trinajstić information content (AvgIpc) is 2.72.